The number of fused-ring (bicyclic) bond motifs is 2. The van der Waals surface area contributed by atoms with E-state index in [1.54, 1.807) is 36.5 Å². The molecule has 2 aliphatic carbocycles. The molecule has 10 heteroatoms. The molecule has 3 aromatic rings. The predicted molar refractivity (Wildman–Crippen MR) is 117 cm³/mol. The van der Waals surface area contributed by atoms with Crippen LogP contribution in [-0.4, -0.2) is 41.9 Å². The zero-order chi connectivity index (χ0) is 22.0. The number of anilines is 1. The molecule has 4 N–H and O–H groups in total. The Kier molecular flexibility index (Phi) is 4.55. The van der Waals surface area contributed by atoms with Crippen LogP contribution in [0, 0.1) is 11.8 Å². The molecule has 2 saturated carbocycles. The van der Waals surface area contributed by atoms with Gasteiger partial charge in [-0.05, 0) is 60.6 Å². The summed E-state index contributed by atoms with van der Waals surface area (Å²) < 4.78 is 25.2. The summed E-state index contributed by atoms with van der Waals surface area (Å²) >= 11 is 6.23. The second kappa shape index (κ2) is 6.94. The number of nitrogens with zero attached hydrogens (tertiary/aromatic N) is 1. The van der Waals surface area contributed by atoms with Crippen molar-refractivity contribution in [3.63, 3.8) is 0 Å². The summed E-state index contributed by atoms with van der Waals surface area (Å²) in [4.78, 5) is 12.7. The lowest BCUT2D eigenvalue weighted by Gasteiger charge is -2.27. The fraction of sp³-hybridized carbons (Fsp3) is 0.333. The average molecular weight is 461 g/mol. The van der Waals surface area contributed by atoms with Crippen molar-refractivity contribution < 1.29 is 18.3 Å². The van der Waals surface area contributed by atoms with Gasteiger partial charge >= 0.3 is 0 Å². The number of aromatic amines is 1. The maximum atomic E-state index is 12.7. The van der Waals surface area contributed by atoms with Gasteiger partial charge in [0.05, 0.1) is 23.6 Å². The summed E-state index contributed by atoms with van der Waals surface area (Å²) in [6.07, 6.45) is 3.81. The third kappa shape index (κ3) is 3.77. The number of hydrogen-bond acceptors (Lipinski definition) is 5. The van der Waals surface area contributed by atoms with Gasteiger partial charge in [-0.2, -0.15) is 5.10 Å². The Hall–Kier alpha value is -2.62. The van der Waals surface area contributed by atoms with E-state index in [9.17, 15) is 18.3 Å². The van der Waals surface area contributed by atoms with Gasteiger partial charge in [-0.25, -0.2) is 8.42 Å². The quantitative estimate of drug-likeness (QED) is 0.466. The first-order valence-corrected chi connectivity index (χ1v) is 12.1. The maximum Gasteiger partial charge on any atom is 0.251 e. The lowest BCUT2D eigenvalue weighted by atomic mass is 9.86. The molecule has 8 nitrogen and oxygen atoms in total. The van der Waals surface area contributed by atoms with Crippen molar-refractivity contribution in [2.24, 2.45) is 11.8 Å². The van der Waals surface area contributed by atoms with Gasteiger partial charge < -0.3 is 10.4 Å². The number of halogens is 1. The van der Waals surface area contributed by atoms with Crippen LogP contribution in [0.1, 0.15) is 28.8 Å². The molecule has 4 atom stereocenters. The highest BCUT2D eigenvalue weighted by molar-refractivity contribution is 7.92. The van der Waals surface area contributed by atoms with Crippen LogP contribution in [0.4, 0.5) is 5.69 Å². The minimum Gasteiger partial charge on any atom is -0.385 e. The van der Waals surface area contributed by atoms with E-state index in [1.807, 2.05) is 0 Å². The molecule has 0 saturated heterocycles. The first-order valence-electron chi connectivity index (χ1n) is 9.87. The molecular formula is C21H21ClN4O4S. The van der Waals surface area contributed by atoms with E-state index in [0.717, 1.165) is 22.7 Å². The third-order valence-corrected chi connectivity index (χ3v) is 7.05. The Labute approximate surface area is 184 Å². The summed E-state index contributed by atoms with van der Waals surface area (Å²) in [6, 6.07) is 9.92. The van der Waals surface area contributed by atoms with Gasteiger partial charge in [0, 0.05) is 27.7 Å². The summed E-state index contributed by atoms with van der Waals surface area (Å²) in [5, 5.41) is 22.7. The lowest BCUT2D eigenvalue weighted by molar-refractivity contribution is 0.0293. The summed E-state index contributed by atoms with van der Waals surface area (Å²) in [5.74, 6) is 0.0829. The molecule has 0 spiro atoms. The van der Waals surface area contributed by atoms with Crippen LogP contribution in [-0.2, 0) is 15.6 Å². The highest BCUT2D eigenvalue weighted by Gasteiger charge is 2.62. The number of hydrogen-bond donors (Lipinski definition) is 4. The third-order valence-electron chi connectivity index (χ3n) is 6.23. The minimum atomic E-state index is -3.42. The molecular weight excluding hydrogens is 440 g/mol. The van der Waals surface area contributed by atoms with Gasteiger partial charge in [0.15, 0.2) is 0 Å². The minimum absolute atomic E-state index is 0.0154. The van der Waals surface area contributed by atoms with E-state index in [2.05, 4.69) is 20.2 Å². The SMILES string of the molecule is CS(=O)(=O)Nc1cccc(C(=O)NC2[C@H]3CC(O)(c4cc(Cl)cc5[nH]ncc45)C[C@@H]23)c1. The summed E-state index contributed by atoms with van der Waals surface area (Å²) in [5.41, 5.74) is 1.25. The molecule has 0 radical (unpaired) electrons. The predicted octanol–water partition coefficient (Wildman–Crippen LogP) is 2.61. The smallest absolute Gasteiger partial charge is 0.251 e. The number of H-pyrrole nitrogens is 1. The lowest BCUT2D eigenvalue weighted by Crippen LogP contribution is -2.33. The number of aliphatic hydroxyl groups is 1. The van der Waals surface area contributed by atoms with Crippen molar-refractivity contribution in [3.8, 4) is 0 Å². The van der Waals surface area contributed by atoms with E-state index in [4.69, 9.17) is 11.6 Å². The molecule has 162 valence electrons. The summed E-state index contributed by atoms with van der Waals surface area (Å²) in [6.45, 7) is 0. The number of amides is 1. The van der Waals surface area contributed by atoms with Crippen LogP contribution in [0.2, 0.25) is 5.02 Å². The molecule has 1 heterocycles. The zero-order valence-corrected chi connectivity index (χ0v) is 18.2. The van der Waals surface area contributed by atoms with E-state index in [-0.39, 0.29) is 23.8 Å². The van der Waals surface area contributed by atoms with Crippen molar-refractivity contribution in [3.05, 3.63) is 58.7 Å². The Morgan fingerprint density at radius 2 is 2.00 bits per heavy atom. The fourth-order valence-electron chi connectivity index (χ4n) is 4.87. The Bertz CT molecular complexity index is 1290. The zero-order valence-electron chi connectivity index (χ0n) is 16.6. The molecule has 5 rings (SSSR count). The molecule has 1 aromatic heterocycles. The molecule has 0 bridgehead atoms. The van der Waals surface area contributed by atoms with Crippen molar-refractivity contribution in [1.29, 1.82) is 0 Å². The number of sulfonamides is 1. The van der Waals surface area contributed by atoms with Crippen molar-refractivity contribution in [2.45, 2.75) is 24.5 Å². The standard InChI is InChI=1S/C21H21ClN4O4S/c1-31(29,30)26-13-4-2-3-11(5-13)20(27)24-19-14-8-21(28,9-15(14)19)17-6-12(22)7-18-16(17)10-23-25-18/h2-7,10,14-15,19,26,28H,8-9H2,1H3,(H,23,25)(H,24,27)/t14-,15+,19?,21?. The molecule has 31 heavy (non-hydrogen) atoms. The van der Waals surface area contributed by atoms with Crippen LogP contribution < -0.4 is 10.0 Å². The number of aromatic nitrogens is 2. The second-order valence-corrected chi connectivity index (χ2v) is 10.7. The average Bonchev–Trinajstić information content (AvgIpc) is 3.04. The molecule has 2 aromatic carbocycles. The number of rotatable bonds is 5. The number of carbonyl (C=O) groups is 1. The number of carbonyl (C=O) groups excluding carboxylic acids is 1. The van der Waals surface area contributed by atoms with Crippen LogP contribution >= 0.6 is 11.6 Å². The van der Waals surface area contributed by atoms with E-state index in [0.29, 0.717) is 29.1 Å². The Morgan fingerprint density at radius 1 is 1.26 bits per heavy atom. The van der Waals surface area contributed by atoms with Crippen molar-refractivity contribution in [1.82, 2.24) is 15.5 Å². The van der Waals surface area contributed by atoms with Crippen molar-refractivity contribution in [2.75, 3.05) is 11.0 Å². The van der Waals surface area contributed by atoms with Gasteiger partial charge in [-0.15, -0.1) is 0 Å². The highest BCUT2D eigenvalue weighted by Crippen LogP contribution is 2.60. The van der Waals surface area contributed by atoms with E-state index in [1.165, 1.54) is 6.07 Å². The summed E-state index contributed by atoms with van der Waals surface area (Å²) in [7, 11) is -3.42. The monoisotopic (exact) mass is 460 g/mol. The first kappa shape index (κ1) is 20.3. The highest BCUT2D eigenvalue weighted by atomic mass is 35.5. The van der Waals surface area contributed by atoms with Crippen LogP contribution in [0.3, 0.4) is 0 Å². The van der Waals surface area contributed by atoms with E-state index < -0.39 is 15.6 Å². The Morgan fingerprint density at radius 3 is 2.71 bits per heavy atom. The van der Waals surface area contributed by atoms with Crippen LogP contribution in [0.15, 0.2) is 42.6 Å². The maximum absolute atomic E-state index is 12.7. The normalized spacial score (nSPS) is 27.1. The van der Waals surface area contributed by atoms with Gasteiger partial charge in [0.2, 0.25) is 10.0 Å². The largest absolute Gasteiger partial charge is 0.385 e. The number of nitrogens with one attached hydrogen (secondary N) is 3. The van der Waals surface area contributed by atoms with Gasteiger partial charge in [0.25, 0.3) is 5.91 Å². The van der Waals surface area contributed by atoms with Gasteiger partial charge in [0.1, 0.15) is 0 Å². The topological polar surface area (TPSA) is 124 Å². The Balaban J connectivity index is 1.28. The molecule has 2 unspecified atom stereocenters. The molecule has 2 fully saturated rings. The van der Waals surface area contributed by atoms with Crippen molar-refractivity contribution >= 4 is 44.1 Å². The molecule has 1 amide bonds. The second-order valence-electron chi connectivity index (χ2n) is 8.51. The van der Waals surface area contributed by atoms with Crippen LogP contribution in [0.5, 0.6) is 0 Å². The molecule has 2 aliphatic rings. The number of benzene rings is 2. The van der Waals surface area contributed by atoms with E-state index >= 15 is 0 Å². The van der Waals surface area contributed by atoms with Gasteiger partial charge in [-0.1, -0.05) is 17.7 Å². The van der Waals surface area contributed by atoms with Gasteiger partial charge in [-0.3, -0.25) is 14.6 Å². The first-order chi connectivity index (χ1) is 14.6. The van der Waals surface area contributed by atoms with Crippen LogP contribution in [0.25, 0.3) is 10.9 Å². The molecule has 0 aliphatic heterocycles. The fourth-order valence-corrected chi connectivity index (χ4v) is 5.65.